The number of hydrogen-bond donors (Lipinski definition) is 3. The first kappa shape index (κ1) is 81.4. The SMILES string of the molecule is COC1=C(C#N)C=C(C(=O)Nc2cnc3c(c(C4CCN(C(=O)[C@@H](C)C(C)(C)CCN5CC(C)(C6CCN(C(=O)C(C)CCn7cc(C8CCN(C(=O)C9CCCC9)CC8)c8c(OC)c(NC(=O)c9ccc(OC)c(C#N)c9)cnc87)CC6)c6c5ncc(NC(=O)c5ccc(OC)c(C#N)c5)c6OC)CC4)cn3C)c2OC)CC1C. The summed E-state index contributed by atoms with van der Waals surface area (Å²) in [6.07, 6.45) is 20.3. The van der Waals surface area contributed by atoms with Gasteiger partial charge < -0.3 is 73.1 Å². The average molecular weight is 1560 g/mol. The molecule has 27 nitrogen and oxygen atoms in total. The first-order valence-corrected chi connectivity index (χ1v) is 40.1. The van der Waals surface area contributed by atoms with Gasteiger partial charge in [0.25, 0.3) is 17.7 Å². The Bertz CT molecular complexity index is 5140. The molecule has 13 rings (SSSR count). The van der Waals surface area contributed by atoms with Gasteiger partial charge in [0, 0.05) is 130 Å². The molecule has 9 heterocycles. The van der Waals surface area contributed by atoms with E-state index < -0.39 is 22.6 Å². The fourth-order valence-electron chi connectivity index (χ4n) is 18.6. The molecule has 2 aromatic carbocycles. The summed E-state index contributed by atoms with van der Waals surface area (Å²) in [6, 6.07) is 15.7. The van der Waals surface area contributed by atoms with Gasteiger partial charge in [-0.2, -0.15) is 15.8 Å². The third-order valence-corrected chi connectivity index (χ3v) is 25.6. The minimum atomic E-state index is -0.608. The van der Waals surface area contributed by atoms with Crippen LogP contribution in [-0.4, -0.2) is 169 Å². The fraction of sp³-hybridized carbons (Fsp3) is 0.500. The largest absolute Gasteiger partial charge is 0.499 e. The van der Waals surface area contributed by atoms with Gasteiger partial charge in [-0.1, -0.05) is 54.4 Å². The van der Waals surface area contributed by atoms with Crippen molar-refractivity contribution >= 4 is 80.4 Å². The third-order valence-electron chi connectivity index (χ3n) is 25.6. The van der Waals surface area contributed by atoms with Crippen molar-refractivity contribution in [3.8, 4) is 47.0 Å². The van der Waals surface area contributed by atoms with Crippen LogP contribution in [0.4, 0.5) is 22.9 Å². The highest BCUT2D eigenvalue weighted by molar-refractivity contribution is 6.09. The Labute approximate surface area is 671 Å². The van der Waals surface area contributed by atoms with Crippen LogP contribution in [0.5, 0.6) is 28.7 Å². The summed E-state index contributed by atoms with van der Waals surface area (Å²) in [5, 5.41) is 40.3. The van der Waals surface area contributed by atoms with Crippen molar-refractivity contribution in [1.82, 2.24) is 38.8 Å². The number of amides is 6. The Morgan fingerprint density at radius 1 is 0.609 bits per heavy atom. The summed E-state index contributed by atoms with van der Waals surface area (Å²) in [7, 11) is 11.1. The summed E-state index contributed by atoms with van der Waals surface area (Å²) in [4.78, 5) is 109. The number of anilines is 4. The molecule has 6 aliphatic rings. The molecule has 27 heteroatoms. The van der Waals surface area contributed by atoms with Gasteiger partial charge in [-0.05, 0) is 147 Å². The monoisotopic (exact) mass is 1560 g/mol. The summed E-state index contributed by atoms with van der Waals surface area (Å²) in [5.41, 5.74) is 5.93. The number of pyridine rings is 3. The van der Waals surface area contributed by atoms with E-state index in [9.17, 15) is 44.6 Å². The summed E-state index contributed by atoms with van der Waals surface area (Å²) < 4.78 is 39.0. The van der Waals surface area contributed by atoms with Gasteiger partial charge in [0.05, 0.1) is 88.7 Å². The highest BCUT2D eigenvalue weighted by Crippen LogP contribution is 2.55. The zero-order valence-electron chi connectivity index (χ0n) is 68.3. The summed E-state index contributed by atoms with van der Waals surface area (Å²) in [5.74, 6) is 1.75. The molecule has 0 spiro atoms. The first-order valence-electron chi connectivity index (χ1n) is 40.1. The van der Waals surface area contributed by atoms with Crippen LogP contribution in [0.2, 0.25) is 0 Å². The van der Waals surface area contributed by atoms with Crippen LogP contribution in [-0.2, 0) is 42.9 Å². The Morgan fingerprint density at radius 3 is 1.67 bits per heavy atom. The molecule has 2 aliphatic carbocycles. The van der Waals surface area contributed by atoms with Crippen LogP contribution in [0.15, 0.2) is 90.4 Å². The number of fused-ring (bicyclic) bond motifs is 3. The number of allylic oxidation sites excluding steroid dienone is 3. The Balaban J connectivity index is 0.698. The Hall–Kier alpha value is -11.7. The van der Waals surface area contributed by atoms with Crippen molar-refractivity contribution in [3.05, 3.63) is 129 Å². The maximum atomic E-state index is 14.9. The average Bonchev–Trinajstić information content (AvgIpc) is 1.59. The number of carbonyl (C=O) groups excluding carboxylic acids is 6. The van der Waals surface area contributed by atoms with Gasteiger partial charge >= 0.3 is 0 Å². The molecule has 6 amide bonds. The van der Waals surface area contributed by atoms with Crippen molar-refractivity contribution < 1.29 is 57.2 Å². The number of benzene rings is 2. The number of aryl methyl sites for hydroxylation is 2. The molecule has 4 aliphatic heterocycles. The quantitative estimate of drug-likeness (QED) is 0.0478. The Kier molecular flexibility index (Phi) is 24.2. The minimum absolute atomic E-state index is 0.0259. The van der Waals surface area contributed by atoms with E-state index in [1.807, 2.05) is 47.1 Å². The molecule has 3 unspecified atom stereocenters. The molecule has 7 aromatic rings. The second-order valence-electron chi connectivity index (χ2n) is 32.7. The van der Waals surface area contributed by atoms with Crippen molar-refractivity contribution in [2.75, 3.05) is 116 Å². The normalized spacial score (nSPS) is 18.9. The van der Waals surface area contributed by atoms with Crippen LogP contribution in [0.3, 0.4) is 0 Å². The molecule has 604 valence electrons. The first-order chi connectivity index (χ1) is 55.3. The maximum absolute atomic E-state index is 14.9. The van der Waals surface area contributed by atoms with E-state index in [1.165, 1.54) is 33.5 Å². The van der Waals surface area contributed by atoms with E-state index in [4.69, 9.17) is 43.4 Å². The third kappa shape index (κ3) is 15.9. The van der Waals surface area contributed by atoms with Gasteiger partial charge in [0.2, 0.25) is 17.7 Å². The van der Waals surface area contributed by atoms with E-state index in [1.54, 1.807) is 70.3 Å². The summed E-state index contributed by atoms with van der Waals surface area (Å²) in [6.45, 7) is 17.3. The number of likely N-dealkylation sites (tertiary alicyclic amines) is 3. The smallest absolute Gasteiger partial charge is 0.255 e. The number of nitriles is 3. The predicted octanol–water partition coefficient (Wildman–Crippen LogP) is 13.3. The predicted molar refractivity (Wildman–Crippen MR) is 435 cm³/mol. The standard InChI is InChI=1S/C88H105N15O12/c1-51(22-30-102-49-65(55-25-33-101(34-26-55)86(109)56-16-14-15-17-56)72-76(114-12)67(46-93-79(72)102)95-81(104)57-18-20-69(110-8)60(39-57)42-89)84(107)99-35-27-63(28-36-99)88(6)50-103(80-73(88)77(115-13)68(47-94-80)97-82(105)58-19-21-70(111-9)61(40-58)43-90)37-29-87(4,5)53(3)85(108)100-31-23-54(24-32-100)64-48-98(7)78-71(64)75(113-11)66(45-92-78)96-83(106)59-38-52(2)74(112-10)62(41-59)44-91/h18-21,39-41,45-49,51-56,63H,14-17,22-38,50H2,1-13H3,(H,95,104)(H,96,106)(H,97,105)/t51?,52?,53-,88?/m1/s1. The van der Waals surface area contributed by atoms with Gasteiger partial charge in [-0.15, -0.1) is 0 Å². The van der Waals surface area contributed by atoms with Crippen molar-refractivity contribution in [3.63, 3.8) is 0 Å². The van der Waals surface area contributed by atoms with Crippen molar-refractivity contribution in [2.45, 2.75) is 149 Å². The lowest BCUT2D eigenvalue weighted by Gasteiger charge is -2.42. The molecule has 4 atom stereocenters. The lowest BCUT2D eigenvalue weighted by molar-refractivity contribution is -0.140. The maximum Gasteiger partial charge on any atom is 0.255 e. The molecule has 0 bridgehead atoms. The highest BCUT2D eigenvalue weighted by Gasteiger charge is 2.50. The van der Waals surface area contributed by atoms with E-state index >= 15 is 0 Å². The van der Waals surface area contributed by atoms with Crippen molar-refractivity contribution in [2.24, 2.45) is 42.1 Å². The fourth-order valence-corrected chi connectivity index (χ4v) is 18.6. The Morgan fingerprint density at radius 2 is 1.12 bits per heavy atom. The second kappa shape index (κ2) is 34.2. The number of nitrogens with one attached hydrogen (secondary N) is 3. The summed E-state index contributed by atoms with van der Waals surface area (Å²) >= 11 is 0. The lowest BCUT2D eigenvalue weighted by atomic mass is 9.69. The second-order valence-corrected chi connectivity index (χ2v) is 32.7. The topological polar surface area (TPSA) is 327 Å². The number of hydrogen-bond acceptors (Lipinski definition) is 19. The van der Waals surface area contributed by atoms with Gasteiger partial charge in [-0.25, -0.2) is 15.0 Å². The number of methoxy groups -OCH3 is 6. The zero-order chi connectivity index (χ0) is 81.9. The van der Waals surface area contributed by atoms with Gasteiger partial charge in [-0.3, -0.25) is 28.8 Å². The molecule has 4 fully saturated rings. The van der Waals surface area contributed by atoms with Crippen molar-refractivity contribution in [1.29, 1.82) is 15.8 Å². The molecule has 1 saturated carbocycles. The van der Waals surface area contributed by atoms with E-state index in [2.05, 4.69) is 76.8 Å². The minimum Gasteiger partial charge on any atom is -0.499 e. The van der Waals surface area contributed by atoms with Gasteiger partial charge in [0.15, 0.2) is 17.2 Å². The number of piperidine rings is 3. The van der Waals surface area contributed by atoms with Crippen LogP contribution < -0.4 is 44.5 Å². The number of nitrogens with zero attached hydrogens (tertiary/aromatic N) is 12. The van der Waals surface area contributed by atoms with Crippen LogP contribution >= 0.6 is 0 Å². The van der Waals surface area contributed by atoms with Crippen LogP contribution in [0, 0.1) is 69.0 Å². The van der Waals surface area contributed by atoms with Crippen LogP contribution in [0.1, 0.15) is 185 Å². The number of carbonyl (C=O) groups is 6. The number of aromatic nitrogens is 5. The molecule has 5 aromatic heterocycles. The number of ether oxygens (including phenoxy) is 6. The molecular weight excluding hydrogens is 1460 g/mol. The van der Waals surface area contributed by atoms with Crippen LogP contribution in [0.25, 0.3) is 22.1 Å². The molecular formula is C88H105N15O12. The zero-order valence-corrected chi connectivity index (χ0v) is 68.3. The molecule has 3 N–H and O–H groups in total. The lowest BCUT2D eigenvalue weighted by Crippen LogP contribution is -2.47. The molecule has 0 radical (unpaired) electrons. The number of rotatable bonds is 25. The van der Waals surface area contributed by atoms with Gasteiger partial charge in [0.1, 0.15) is 69.6 Å². The van der Waals surface area contributed by atoms with E-state index in [0.717, 1.165) is 66.0 Å². The highest BCUT2D eigenvalue weighted by atomic mass is 16.5. The van der Waals surface area contributed by atoms with E-state index in [0.29, 0.717) is 184 Å². The van der Waals surface area contributed by atoms with E-state index in [-0.39, 0.29) is 87.3 Å². The molecule has 3 saturated heterocycles. The molecule has 115 heavy (non-hydrogen) atoms.